The second kappa shape index (κ2) is 12.1. The fourth-order valence-electron chi connectivity index (χ4n) is 7.09. The third-order valence-electron chi connectivity index (χ3n) is 10.0. The van der Waals surface area contributed by atoms with Crippen molar-refractivity contribution in [2.45, 2.75) is 51.5 Å². The molecular weight excluding hydrogens is 562 g/mol. The van der Waals surface area contributed by atoms with Gasteiger partial charge in [0.25, 0.3) is 5.91 Å². The highest BCUT2D eigenvalue weighted by molar-refractivity contribution is 5.98. The molecule has 2 N–H and O–H groups in total. The molecule has 1 spiro atoms. The third-order valence-corrected chi connectivity index (χ3v) is 10.0. The van der Waals surface area contributed by atoms with Crippen LogP contribution in [0, 0.1) is 10.8 Å². The zero-order valence-electron chi connectivity index (χ0n) is 25.7. The molecule has 236 valence electrons. The van der Waals surface area contributed by atoms with Gasteiger partial charge in [-0.25, -0.2) is 4.79 Å². The molecule has 3 aliphatic heterocycles. The first-order valence-corrected chi connectivity index (χ1v) is 15.7. The predicted octanol–water partition coefficient (Wildman–Crippen LogP) is 3.20. The number of aliphatic hydroxyl groups excluding tert-OH is 2. The Morgan fingerprint density at radius 1 is 1.00 bits per heavy atom. The number of ether oxygens (including phenoxy) is 2. The third kappa shape index (κ3) is 5.82. The smallest absolute Gasteiger partial charge is 0.338 e. The molecule has 44 heavy (non-hydrogen) atoms. The topological polar surface area (TPSA) is 120 Å². The predicted molar refractivity (Wildman–Crippen MR) is 164 cm³/mol. The zero-order chi connectivity index (χ0) is 31.1. The van der Waals surface area contributed by atoms with Gasteiger partial charge >= 0.3 is 5.97 Å². The SMILES string of the molecule is CCOc1cc(C(=O)OC)c(C2CC2)cc1CN1CCC2(CC1)CC(=O)N(c1ccc(C(=O)N3CC(CO)(CO)C3)cc1)C2. The molecule has 2 aromatic rings. The van der Waals surface area contributed by atoms with Crippen molar-refractivity contribution in [2.75, 3.05) is 64.6 Å². The first-order chi connectivity index (χ1) is 21.2. The van der Waals surface area contributed by atoms with Crippen LogP contribution in [0.25, 0.3) is 0 Å². The second-order valence-corrected chi connectivity index (χ2v) is 13.2. The molecule has 0 aromatic heterocycles. The Hall–Kier alpha value is -3.47. The molecule has 4 fully saturated rings. The Morgan fingerprint density at radius 2 is 1.68 bits per heavy atom. The maximum Gasteiger partial charge on any atom is 0.338 e. The molecule has 6 rings (SSSR count). The van der Waals surface area contributed by atoms with Crippen molar-refractivity contribution >= 4 is 23.5 Å². The molecule has 10 heteroatoms. The summed E-state index contributed by atoms with van der Waals surface area (Å²) in [7, 11) is 1.42. The van der Waals surface area contributed by atoms with E-state index in [9.17, 15) is 24.6 Å². The summed E-state index contributed by atoms with van der Waals surface area (Å²) < 4.78 is 11.0. The van der Waals surface area contributed by atoms with Crippen molar-refractivity contribution in [3.63, 3.8) is 0 Å². The number of carbonyl (C=O) groups is 3. The molecular formula is C34H43N3O7. The Labute approximate surface area is 258 Å². The maximum atomic E-state index is 13.2. The number of hydrogen-bond donors (Lipinski definition) is 2. The molecule has 0 unspecified atom stereocenters. The van der Waals surface area contributed by atoms with Crippen LogP contribution >= 0.6 is 0 Å². The Balaban J connectivity index is 1.08. The Morgan fingerprint density at radius 3 is 2.27 bits per heavy atom. The van der Waals surface area contributed by atoms with Crippen LogP contribution in [0.3, 0.4) is 0 Å². The van der Waals surface area contributed by atoms with Gasteiger partial charge in [0.2, 0.25) is 5.91 Å². The van der Waals surface area contributed by atoms with E-state index in [2.05, 4.69) is 11.0 Å². The number of nitrogens with zero attached hydrogens (tertiary/aromatic N) is 3. The van der Waals surface area contributed by atoms with Crippen molar-refractivity contribution in [3.05, 3.63) is 58.7 Å². The largest absolute Gasteiger partial charge is 0.494 e. The van der Waals surface area contributed by atoms with Gasteiger partial charge in [0, 0.05) is 49.4 Å². The molecule has 0 radical (unpaired) electrons. The summed E-state index contributed by atoms with van der Waals surface area (Å²) >= 11 is 0. The van der Waals surface area contributed by atoms with E-state index in [1.807, 2.05) is 30.0 Å². The summed E-state index contributed by atoms with van der Waals surface area (Å²) in [6.45, 7) is 5.96. The van der Waals surface area contributed by atoms with Gasteiger partial charge in [-0.15, -0.1) is 0 Å². The van der Waals surface area contributed by atoms with Gasteiger partial charge in [0.1, 0.15) is 5.75 Å². The van der Waals surface area contributed by atoms with Crippen LogP contribution in [0.4, 0.5) is 5.69 Å². The number of esters is 1. The van der Waals surface area contributed by atoms with Crippen LogP contribution in [0.5, 0.6) is 5.75 Å². The van der Waals surface area contributed by atoms with Crippen LogP contribution in [0.2, 0.25) is 0 Å². The summed E-state index contributed by atoms with van der Waals surface area (Å²) in [6.07, 6.45) is 4.52. The van der Waals surface area contributed by atoms with E-state index in [1.165, 1.54) is 7.11 Å². The molecule has 0 atom stereocenters. The van der Waals surface area contributed by atoms with Gasteiger partial charge in [0.15, 0.2) is 0 Å². The first-order valence-electron chi connectivity index (χ1n) is 15.7. The molecule has 2 amide bonds. The van der Waals surface area contributed by atoms with Gasteiger partial charge in [-0.1, -0.05) is 0 Å². The van der Waals surface area contributed by atoms with Crippen molar-refractivity contribution in [1.82, 2.24) is 9.80 Å². The molecule has 0 bridgehead atoms. The number of piperidine rings is 1. The summed E-state index contributed by atoms with van der Waals surface area (Å²) in [5.74, 6) is 0.791. The number of benzene rings is 2. The van der Waals surface area contributed by atoms with E-state index in [-0.39, 0.29) is 36.4 Å². The lowest BCUT2D eigenvalue weighted by atomic mass is 9.77. The lowest BCUT2D eigenvalue weighted by Crippen LogP contribution is -2.61. The van der Waals surface area contributed by atoms with Gasteiger partial charge in [-0.05, 0) is 99.0 Å². The molecule has 3 heterocycles. The van der Waals surface area contributed by atoms with Crippen molar-refractivity contribution in [1.29, 1.82) is 0 Å². The standard InChI is InChI=1S/C34H43N3O7/c1-3-44-29-15-28(32(42)43-2)27(23-4-5-23)14-25(29)17-35-12-10-33(11-13-35)16-30(40)37(20-33)26-8-6-24(7-9-26)31(41)36-18-34(19-36,21-38)22-39/h6-9,14-15,23,38-39H,3-5,10-13,16-22H2,1-2H3. The van der Waals surface area contributed by atoms with E-state index >= 15 is 0 Å². The zero-order valence-corrected chi connectivity index (χ0v) is 25.7. The molecule has 4 aliphatic rings. The van der Waals surface area contributed by atoms with E-state index in [4.69, 9.17) is 9.47 Å². The van der Waals surface area contributed by atoms with Crippen LogP contribution in [0.1, 0.15) is 76.8 Å². The maximum absolute atomic E-state index is 13.2. The number of rotatable bonds is 10. The molecule has 2 aromatic carbocycles. The van der Waals surface area contributed by atoms with Crippen LogP contribution in [-0.4, -0.2) is 97.5 Å². The van der Waals surface area contributed by atoms with Crippen LogP contribution in [-0.2, 0) is 16.1 Å². The van der Waals surface area contributed by atoms with E-state index in [0.717, 1.165) is 67.9 Å². The van der Waals surface area contributed by atoms with Gasteiger partial charge in [0.05, 0.1) is 37.9 Å². The second-order valence-electron chi connectivity index (χ2n) is 13.2. The highest BCUT2D eigenvalue weighted by Crippen LogP contribution is 2.45. The average molecular weight is 606 g/mol. The summed E-state index contributed by atoms with van der Waals surface area (Å²) in [5.41, 5.74) is 3.40. The fourth-order valence-corrected chi connectivity index (χ4v) is 7.09. The summed E-state index contributed by atoms with van der Waals surface area (Å²) in [5, 5.41) is 19.0. The molecule has 10 nitrogen and oxygen atoms in total. The van der Waals surface area contributed by atoms with E-state index in [1.54, 1.807) is 17.0 Å². The lowest BCUT2D eigenvalue weighted by Gasteiger charge is -2.48. The number of carbonyl (C=O) groups excluding carboxylic acids is 3. The number of methoxy groups -OCH3 is 1. The number of aliphatic hydroxyl groups is 2. The molecule has 1 saturated carbocycles. The van der Waals surface area contributed by atoms with Crippen LogP contribution < -0.4 is 9.64 Å². The van der Waals surface area contributed by atoms with Crippen molar-refractivity contribution < 1.29 is 34.1 Å². The number of amides is 2. The van der Waals surface area contributed by atoms with Crippen molar-refractivity contribution in [3.8, 4) is 5.75 Å². The monoisotopic (exact) mass is 605 g/mol. The minimum atomic E-state index is -0.609. The Kier molecular flexibility index (Phi) is 8.43. The van der Waals surface area contributed by atoms with E-state index in [0.29, 0.717) is 49.7 Å². The van der Waals surface area contributed by atoms with Gasteiger partial charge < -0.3 is 29.5 Å². The number of anilines is 1. The average Bonchev–Trinajstić information content (AvgIpc) is 3.82. The Bertz CT molecular complexity index is 1400. The highest BCUT2D eigenvalue weighted by atomic mass is 16.5. The van der Waals surface area contributed by atoms with Crippen molar-refractivity contribution in [2.24, 2.45) is 10.8 Å². The molecule has 1 aliphatic carbocycles. The number of likely N-dealkylation sites (tertiary alicyclic amines) is 2. The highest BCUT2D eigenvalue weighted by Gasteiger charge is 2.46. The lowest BCUT2D eigenvalue weighted by molar-refractivity contribution is -0.118. The number of hydrogen-bond acceptors (Lipinski definition) is 8. The van der Waals surface area contributed by atoms with Gasteiger partial charge in [-0.3, -0.25) is 14.5 Å². The minimum absolute atomic E-state index is 0.0751. The summed E-state index contributed by atoms with van der Waals surface area (Å²) in [4.78, 5) is 44.5. The quantitative estimate of drug-likeness (QED) is 0.397. The minimum Gasteiger partial charge on any atom is -0.494 e. The summed E-state index contributed by atoms with van der Waals surface area (Å²) in [6, 6.07) is 11.2. The fraction of sp³-hybridized carbons (Fsp3) is 0.559. The molecule has 3 saturated heterocycles. The normalized spacial score (nSPS) is 21.0. The first kappa shape index (κ1) is 30.6. The van der Waals surface area contributed by atoms with Gasteiger partial charge in [-0.2, -0.15) is 0 Å². The van der Waals surface area contributed by atoms with E-state index < -0.39 is 5.41 Å². The van der Waals surface area contributed by atoms with Crippen LogP contribution in [0.15, 0.2) is 36.4 Å².